The second-order valence-corrected chi connectivity index (χ2v) is 8.19. The fourth-order valence-electron chi connectivity index (χ4n) is 3.33. The van der Waals surface area contributed by atoms with Crippen LogP contribution < -0.4 is 5.56 Å². The van der Waals surface area contributed by atoms with E-state index < -0.39 is 11.2 Å². The molecule has 2 aromatic rings. The number of esters is 1. The Morgan fingerprint density at radius 3 is 2.54 bits per heavy atom. The van der Waals surface area contributed by atoms with Crippen LogP contribution in [0.5, 0.6) is 0 Å². The molecule has 1 aromatic carbocycles. The van der Waals surface area contributed by atoms with Gasteiger partial charge in [0.1, 0.15) is 6.54 Å². The molecule has 1 aliphatic rings. The first-order chi connectivity index (χ1) is 13.5. The van der Waals surface area contributed by atoms with Gasteiger partial charge in [-0.1, -0.05) is 36.7 Å². The van der Waals surface area contributed by atoms with Crippen molar-refractivity contribution >= 4 is 34.5 Å². The molecule has 1 aromatic heterocycles. The highest BCUT2D eigenvalue weighted by Gasteiger charge is 2.25. The maximum absolute atomic E-state index is 12.9. The van der Waals surface area contributed by atoms with Gasteiger partial charge >= 0.3 is 5.97 Å². The summed E-state index contributed by atoms with van der Waals surface area (Å²) < 4.78 is 6.02. The summed E-state index contributed by atoms with van der Waals surface area (Å²) in [5.41, 5.74) is 0.235. The van der Waals surface area contributed by atoms with E-state index in [1.54, 1.807) is 24.3 Å². The molecule has 0 spiro atoms. The van der Waals surface area contributed by atoms with Gasteiger partial charge in [0.05, 0.1) is 23.3 Å². The van der Waals surface area contributed by atoms with E-state index >= 15 is 0 Å². The lowest BCUT2D eigenvalue weighted by Gasteiger charge is -2.24. The summed E-state index contributed by atoms with van der Waals surface area (Å²) in [7, 11) is 1.28. The topological polar surface area (TPSA) is 81.5 Å². The molecule has 0 unspecified atom stereocenters. The first kappa shape index (κ1) is 20.4. The van der Waals surface area contributed by atoms with Crippen LogP contribution in [0.15, 0.2) is 34.2 Å². The van der Waals surface area contributed by atoms with Crippen LogP contribution in [-0.4, -0.2) is 51.8 Å². The van der Waals surface area contributed by atoms with Crippen LogP contribution in [0.1, 0.15) is 32.6 Å². The quantitative estimate of drug-likeness (QED) is 0.433. The number of benzene rings is 1. The Kier molecular flexibility index (Phi) is 6.72. The minimum Gasteiger partial charge on any atom is -0.468 e. The highest BCUT2D eigenvalue weighted by Crippen LogP contribution is 2.25. The number of thioether (sulfide) groups is 1. The predicted octanol–water partition coefficient (Wildman–Crippen LogP) is 2.45. The van der Waals surface area contributed by atoms with E-state index in [1.807, 2.05) is 11.8 Å². The Labute approximate surface area is 168 Å². The molecule has 7 nitrogen and oxygen atoms in total. The largest absolute Gasteiger partial charge is 0.468 e. The molecule has 0 bridgehead atoms. The van der Waals surface area contributed by atoms with Gasteiger partial charge in [-0.25, -0.2) is 4.98 Å². The Hall–Kier alpha value is -2.35. The lowest BCUT2D eigenvalue weighted by atomic mass is 10.2. The molecule has 0 aliphatic carbocycles. The van der Waals surface area contributed by atoms with Crippen molar-refractivity contribution in [2.75, 3.05) is 20.2 Å². The zero-order valence-corrected chi connectivity index (χ0v) is 17.0. The Bertz CT molecular complexity index is 919. The molecule has 1 aliphatic heterocycles. The zero-order valence-electron chi connectivity index (χ0n) is 16.2. The van der Waals surface area contributed by atoms with Gasteiger partial charge in [0, 0.05) is 13.1 Å². The van der Waals surface area contributed by atoms with Crippen LogP contribution >= 0.6 is 11.8 Å². The van der Waals surface area contributed by atoms with E-state index in [1.165, 1.54) is 23.4 Å². The number of methoxy groups -OCH3 is 1. The summed E-state index contributed by atoms with van der Waals surface area (Å²) >= 11 is 1.21. The average Bonchev–Trinajstić information content (AvgIpc) is 2.99. The Morgan fingerprint density at radius 2 is 1.86 bits per heavy atom. The van der Waals surface area contributed by atoms with Crippen molar-refractivity contribution in [3.8, 4) is 0 Å². The number of ether oxygens (including phenoxy) is 1. The molecule has 2 heterocycles. The van der Waals surface area contributed by atoms with Gasteiger partial charge in [-0.05, 0) is 31.9 Å². The fraction of sp³-hybridized carbons (Fsp3) is 0.500. The second-order valence-electron chi connectivity index (χ2n) is 6.88. The maximum atomic E-state index is 12.9. The number of para-hydroxylation sites is 1. The van der Waals surface area contributed by atoms with E-state index in [2.05, 4.69) is 4.98 Å². The third-order valence-electron chi connectivity index (χ3n) is 4.89. The monoisotopic (exact) mass is 403 g/mol. The molecule has 3 rings (SSSR count). The lowest BCUT2D eigenvalue weighted by Crippen LogP contribution is -2.37. The van der Waals surface area contributed by atoms with E-state index in [-0.39, 0.29) is 18.0 Å². The number of fused-ring (bicyclic) bond motifs is 1. The van der Waals surface area contributed by atoms with Crippen LogP contribution in [0.4, 0.5) is 0 Å². The normalized spacial score (nSPS) is 15.9. The molecule has 150 valence electrons. The van der Waals surface area contributed by atoms with Crippen molar-refractivity contribution < 1.29 is 14.3 Å². The summed E-state index contributed by atoms with van der Waals surface area (Å²) in [4.78, 5) is 44.1. The second kappa shape index (κ2) is 9.23. The van der Waals surface area contributed by atoms with Crippen LogP contribution in [0.25, 0.3) is 10.9 Å². The van der Waals surface area contributed by atoms with Gasteiger partial charge in [-0.15, -0.1) is 0 Å². The minimum atomic E-state index is -0.535. The molecule has 1 atom stereocenters. The predicted molar refractivity (Wildman–Crippen MR) is 108 cm³/mol. The van der Waals surface area contributed by atoms with E-state index in [9.17, 15) is 14.4 Å². The molecule has 1 fully saturated rings. The number of likely N-dealkylation sites (tertiary alicyclic amines) is 1. The van der Waals surface area contributed by atoms with Crippen molar-refractivity contribution in [1.82, 2.24) is 14.5 Å². The molecule has 0 radical (unpaired) electrons. The number of aromatic nitrogens is 2. The minimum absolute atomic E-state index is 0.0407. The summed E-state index contributed by atoms with van der Waals surface area (Å²) in [6.07, 6.45) is 4.33. The zero-order chi connectivity index (χ0) is 20.1. The van der Waals surface area contributed by atoms with Crippen LogP contribution in [-0.2, 0) is 20.9 Å². The molecule has 0 N–H and O–H groups in total. The number of carbonyl (C=O) groups excluding carboxylic acids is 2. The van der Waals surface area contributed by atoms with Crippen molar-refractivity contribution in [2.24, 2.45) is 0 Å². The van der Waals surface area contributed by atoms with Gasteiger partial charge in [-0.2, -0.15) is 0 Å². The van der Waals surface area contributed by atoms with Crippen molar-refractivity contribution in [2.45, 2.75) is 49.6 Å². The lowest BCUT2D eigenvalue weighted by molar-refractivity contribution is -0.141. The smallest absolute Gasteiger partial charge is 0.325 e. The maximum Gasteiger partial charge on any atom is 0.325 e. The molecule has 1 saturated heterocycles. The fourth-order valence-corrected chi connectivity index (χ4v) is 4.32. The number of hydrogen-bond acceptors (Lipinski definition) is 6. The van der Waals surface area contributed by atoms with Gasteiger partial charge in [0.2, 0.25) is 5.91 Å². The van der Waals surface area contributed by atoms with E-state index in [0.717, 1.165) is 38.8 Å². The summed E-state index contributed by atoms with van der Waals surface area (Å²) in [6, 6.07) is 7.00. The summed E-state index contributed by atoms with van der Waals surface area (Å²) in [6.45, 7) is 3.12. The number of carbonyl (C=O) groups is 2. The summed E-state index contributed by atoms with van der Waals surface area (Å²) in [5.74, 6) is -0.494. The Balaban J connectivity index is 1.91. The number of nitrogens with zero attached hydrogens (tertiary/aromatic N) is 3. The van der Waals surface area contributed by atoms with Gasteiger partial charge in [-0.3, -0.25) is 19.0 Å². The van der Waals surface area contributed by atoms with Gasteiger partial charge < -0.3 is 9.64 Å². The van der Waals surface area contributed by atoms with Crippen LogP contribution in [0.3, 0.4) is 0 Å². The third-order valence-corrected chi connectivity index (χ3v) is 5.97. The molecule has 28 heavy (non-hydrogen) atoms. The van der Waals surface area contributed by atoms with Gasteiger partial charge in [0.25, 0.3) is 5.56 Å². The number of hydrogen-bond donors (Lipinski definition) is 0. The van der Waals surface area contributed by atoms with Crippen molar-refractivity contribution in [1.29, 1.82) is 0 Å². The molecule has 0 saturated carbocycles. The molecular weight excluding hydrogens is 378 g/mol. The third kappa shape index (κ3) is 4.55. The van der Waals surface area contributed by atoms with Crippen LogP contribution in [0.2, 0.25) is 0 Å². The van der Waals surface area contributed by atoms with Crippen molar-refractivity contribution in [3.05, 3.63) is 34.6 Å². The van der Waals surface area contributed by atoms with E-state index in [0.29, 0.717) is 16.1 Å². The average molecular weight is 404 g/mol. The van der Waals surface area contributed by atoms with E-state index in [4.69, 9.17) is 4.74 Å². The number of rotatable bonds is 5. The van der Waals surface area contributed by atoms with Crippen LogP contribution in [0, 0.1) is 0 Å². The Morgan fingerprint density at radius 1 is 1.18 bits per heavy atom. The first-order valence-corrected chi connectivity index (χ1v) is 10.4. The van der Waals surface area contributed by atoms with Crippen molar-refractivity contribution in [3.63, 3.8) is 0 Å². The highest BCUT2D eigenvalue weighted by atomic mass is 32.2. The molecular formula is C20H25N3O4S. The standard InChI is InChI=1S/C20H25N3O4S/c1-14(18(25)22-11-7-3-4-8-12-22)28-20-21-16-10-6-5-9-15(16)19(26)23(20)13-17(24)27-2/h5-6,9-10,14H,3-4,7-8,11-13H2,1-2H3/t14-/m0/s1. The molecule has 8 heteroatoms. The summed E-state index contributed by atoms with van der Waals surface area (Å²) in [5, 5.41) is 0.377. The number of amides is 1. The molecule has 1 amide bonds. The van der Waals surface area contributed by atoms with Gasteiger partial charge in [0.15, 0.2) is 5.16 Å². The first-order valence-electron chi connectivity index (χ1n) is 9.53. The SMILES string of the molecule is COC(=O)Cn1c(S[C@@H](C)C(=O)N2CCCCCC2)nc2ccccc2c1=O. The highest BCUT2D eigenvalue weighted by molar-refractivity contribution is 8.00.